The molecule has 2 aromatic rings. The van der Waals surface area contributed by atoms with Gasteiger partial charge in [-0.2, -0.15) is 0 Å². The summed E-state index contributed by atoms with van der Waals surface area (Å²) in [7, 11) is 0. The van der Waals surface area contributed by atoms with Crippen LogP contribution in [0.5, 0.6) is 5.75 Å². The highest BCUT2D eigenvalue weighted by Crippen LogP contribution is 2.28. The zero-order valence-electron chi connectivity index (χ0n) is 15.0. The molecule has 2 aromatic carbocycles. The molecule has 1 aliphatic heterocycles. The molecule has 0 unspecified atom stereocenters. The van der Waals surface area contributed by atoms with Gasteiger partial charge in [-0.05, 0) is 49.0 Å². The third kappa shape index (κ3) is 4.64. The molecule has 138 valence electrons. The minimum absolute atomic E-state index is 0.222. The number of piperazine rings is 1. The summed E-state index contributed by atoms with van der Waals surface area (Å²) in [6.45, 7) is 6.76. The average Bonchev–Trinajstić information content (AvgIpc) is 2.68. The lowest BCUT2D eigenvalue weighted by molar-refractivity contribution is 0.336. The highest BCUT2D eigenvalue weighted by molar-refractivity contribution is 7.80. The summed E-state index contributed by atoms with van der Waals surface area (Å²) >= 11 is 5.52. The standard InChI is InChI=1S/C20H24FN3OS/c1-2-25-19-6-4-3-5-18(19)23-11-13-24(14-12-23)20(26)22-15-16-7-9-17(21)10-8-16/h3-10H,2,11-15H2,1H3,(H,22,26). The van der Waals surface area contributed by atoms with Gasteiger partial charge in [0.15, 0.2) is 5.11 Å². The van der Waals surface area contributed by atoms with Crippen LogP contribution in [0.1, 0.15) is 12.5 Å². The summed E-state index contributed by atoms with van der Waals surface area (Å²) in [6, 6.07) is 14.6. The van der Waals surface area contributed by atoms with E-state index in [2.05, 4.69) is 21.2 Å². The van der Waals surface area contributed by atoms with Crippen molar-refractivity contribution in [2.24, 2.45) is 0 Å². The lowest BCUT2D eigenvalue weighted by Crippen LogP contribution is -2.51. The quantitative estimate of drug-likeness (QED) is 0.811. The topological polar surface area (TPSA) is 27.7 Å². The molecule has 0 radical (unpaired) electrons. The van der Waals surface area contributed by atoms with Crippen molar-refractivity contribution < 1.29 is 9.13 Å². The Kier molecular flexibility index (Phi) is 6.28. The van der Waals surface area contributed by atoms with Crippen LogP contribution >= 0.6 is 12.2 Å². The zero-order chi connectivity index (χ0) is 18.4. The first-order chi connectivity index (χ1) is 12.7. The highest BCUT2D eigenvalue weighted by atomic mass is 32.1. The molecule has 3 rings (SSSR count). The predicted molar refractivity (Wildman–Crippen MR) is 107 cm³/mol. The highest BCUT2D eigenvalue weighted by Gasteiger charge is 2.21. The molecular weight excluding hydrogens is 349 g/mol. The van der Waals surface area contributed by atoms with E-state index in [1.165, 1.54) is 12.1 Å². The van der Waals surface area contributed by atoms with Gasteiger partial charge in [0, 0.05) is 32.7 Å². The van der Waals surface area contributed by atoms with Crippen LogP contribution in [-0.2, 0) is 6.54 Å². The van der Waals surface area contributed by atoms with Gasteiger partial charge >= 0.3 is 0 Å². The van der Waals surface area contributed by atoms with Crippen LogP contribution in [0.15, 0.2) is 48.5 Å². The van der Waals surface area contributed by atoms with E-state index in [1.807, 2.05) is 25.1 Å². The first-order valence-corrected chi connectivity index (χ1v) is 9.32. The van der Waals surface area contributed by atoms with Crippen molar-refractivity contribution in [2.75, 3.05) is 37.7 Å². The smallest absolute Gasteiger partial charge is 0.169 e. The molecule has 0 spiro atoms. The predicted octanol–water partition coefficient (Wildman–Crippen LogP) is 3.42. The number of nitrogens with one attached hydrogen (secondary N) is 1. The van der Waals surface area contributed by atoms with Crippen molar-refractivity contribution in [1.82, 2.24) is 10.2 Å². The average molecular weight is 373 g/mol. The van der Waals surface area contributed by atoms with Crippen molar-refractivity contribution in [2.45, 2.75) is 13.5 Å². The Balaban J connectivity index is 1.51. The van der Waals surface area contributed by atoms with E-state index in [0.717, 1.165) is 48.3 Å². The molecule has 26 heavy (non-hydrogen) atoms. The first kappa shape index (κ1) is 18.5. The number of hydrogen-bond donors (Lipinski definition) is 1. The maximum absolute atomic E-state index is 13.0. The minimum Gasteiger partial charge on any atom is -0.492 e. The molecule has 0 aliphatic carbocycles. The molecule has 0 atom stereocenters. The number of rotatable bonds is 5. The number of anilines is 1. The van der Waals surface area contributed by atoms with Crippen molar-refractivity contribution in [3.63, 3.8) is 0 Å². The molecule has 4 nitrogen and oxygen atoms in total. The molecule has 6 heteroatoms. The van der Waals surface area contributed by atoms with Crippen molar-refractivity contribution in [3.05, 3.63) is 59.9 Å². The summed E-state index contributed by atoms with van der Waals surface area (Å²) in [4.78, 5) is 4.52. The number of hydrogen-bond acceptors (Lipinski definition) is 3. The summed E-state index contributed by atoms with van der Waals surface area (Å²) in [6.07, 6.45) is 0. The zero-order valence-corrected chi connectivity index (χ0v) is 15.8. The second kappa shape index (κ2) is 8.85. The fourth-order valence-electron chi connectivity index (χ4n) is 3.04. The summed E-state index contributed by atoms with van der Waals surface area (Å²) in [5, 5.41) is 4.01. The molecule has 1 fully saturated rings. The second-order valence-corrected chi connectivity index (χ2v) is 6.55. The number of halogens is 1. The van der Waals surface area contributed by atoms with Gasteiger partial charge in [0.2, 0.25) is 0 Å². The largest absolute Gasteiger partial charge is 0.492 e. The number of thiocarbonyl (C=S) groups is 1. The molecule has 1 heterocycles. The van der Waals surface area contributed by atoms with Crippen LogP contribution in [0, 0.1) is 5.82 Å². The Morgan fingerprint density at radius 1 is 1.08 bits per heavy atom. The van der Waals surface area contributed by atoms with Gasteiger partial charge in [-0.15, -0.1) is 0 Å². The van der Waals surface area contributed by atoms with Crippen LogP contribution in [-0.4, -0.2) is 42.8 Å². The van der Waals surface area contributed by atoms with Crippen molar-refractivity contribution in [3.8, 4) is 5.75 Å². The van der Waals surface area contributed by atoms with E-state index in [4.69, 9.17) is 17.0 Å². The Hall–Kier alpha value is -2.34. The van der Waals surface area contributed by atoms with E-state index in [1.54, 1.807) is 12.1 Å². The minimum atomic E-state index is -0.222. The van der Waals surface area contributed by atoms with Crippen LogP contribution < -0.4 is 15.0 Å². The summed E-state index contributed by atoms with van der Waals surface area (Å²) in [5.74, 6) is 0.709. The second-order valence-electron chi connectivity index (χ2n) is 6.16. The van der Waals surface area contributed by atoms with Crippen molar-refractivity contribution in [1.29, 1.82) is 0 Å². The molecule has 0 aromatic heterocycles. The Morgan fingerprint density at radius 2 is 1.77 bits per heavy atom. The van der Waals surface area contributed by atoms with Gasteiger partial charge in [0.1, 0.15) is 11.6 Å². The number of benzene rings is 2. The van der Waals surface area contributed by atoms with Crippen LogP contribution in [0.2, 0.25) is 0 Å². The van der Waals surface area contributed by atoms with Gasteiger partial charge in [0.05, 0.1) is 12.3 Å². The third-order valence-corrected chi connectivity index (χ3v) is 4.83. The van der Waals surface area contributed by atoms with Crippen LogP contribution in [0.25, 0.3) is 0 Å². The van der Waals surface area contributed by atoms with Gasteiger partial charge in [-0.3, -0.25) is 0 Å². The van der Waals surface area contributed by atoms with Crippen molar-refractivity contribution >= 4 is 23.0 Å². The Labute approximate surface area is 159 Å². The number of nitrogens with zero attached hydrogens (tertiary/aromatic N) is 2. The van der Waals surface area contributed by atoms with Crippen LogP contribution in [0.3, 0.4) is 0 Å². The molecule has 0 saturated carbocycles. The fourth-order valence-corrected chi connectivity index (χ4v) is 3.29. The first-order valence-electron chi connectivity index (χ1n) is 8.91. The normalized spacial score (nSPS) is 14.2. The Morgan fingerprint density at radius 3 is 2.46 bits per heavy atom. The van der Waals surface area contributed by atoms with Gasteiger partial charge < -0.3 is 19.9 Å². The van der Waals surface area contributed by atoms with E-state index in [-0.39, 0.29) is 5.82 Å². The summed E-state index contributed by atoms with van der Waals surface area (Å²) in [5.41, 5.74) is 2.15. The van der Waals surface area contributed by atoms with Gasteiger partial charge in [0.25, 0.3) is 0 Å². The molecule has 1 saturated heterocycles. The van der Waals surface area contributed by atoms with Gasteiger partial charge in [-0.1, -0.05) is 24.3 Å². The maximum atomic E-state index is 13.0. The third-order valence-electron chi connectivity index (χ3n) is 4.43. The molecule has 0 amide bonds. The SMILES string of the molecule is CCOc1ccccc1N1CCN(C(=S)NCc2ccc(F)cc2)CC1. The molecule has 0 bridgehead atoms. The van der Waals surface area contributed by atoms with E-state index in [0.29, 0.717) is 13.2 Å². The van der Waals surface area contributed by atoms with Gasteiger partial charge in [-0.25, -0.2) is 4.39 Å². The molecule has 1 N–H and O–H groups in total. The lowest BCUT2D eigenvalue weighted by atomic mass is 10.2. The maximum Gasteiger partial charge on any atom is 0.169 e. The number of ether oxygens (including phenoxy) is 1. The lowest BCUT2D eigenvalue weighted by Gasteiger charge is -2.38. The molecule has 1 aliphatic rings. The van der Waals surface area contributed by atoms with E-state index >= 15 is 0 Å². The monoisotopic (exact) mass is 373 g/mol. The number of para-hydroxylation sites is 2. The summed E-state index contributed by atoms with van der Waals surface area (Å²) < 4.78 is 18.7. The molecular formula is C20H24FN3OS. The van der Waals surface area contributed by atoms with E-state index < -0.39 is 0 Å². The van der Waals surface area contributed by atoms with E-state index in [9.17, 15) is 4.39 Å². The van der Waals surface area contributed by atoms with Crippen LogP contribution in [0.4, 0.5) is 10.1 Å². The Bertz CT molecular complexity index is 730. The fraction of sp³-hybridized carbons (Fsp3) is 0.350.